The van der Waals surface area contributed by atoms with Gasteiger partial charge in [-0.2, -0.15) is 0 Å². The number of morpholine rings is 1. The summed E-state index contributed by atoms with van der Waals surface area (Å²) >= 11 is 0. The lowest BCUT2D eigenvalue weighted by molar-refractivity contribution is -0.0464. The van der Waals surface area contributed by atoms with E-state index in [1.54, 1.807) is 0 Å². The van der Waals surface area contributed by atoms with E-state index in [2.05, 4.69) is 11.8 Å². The van der Waals surface area contributed by atoms with Crippen LogP contribution < -0.4 is 10.5 Å². The van der Waals surface area contributed by atoms with Crippen molar-refractivity contribution in [1.29, 1.82) is 0 Å². The molecular weight excluding hydrogens is 228 g/mol. The summed E-state index contributed by atoms with van der Waals surface area (Å²) in [5.74, 6) is 0.879. The Hall–Kier alpha value is -1.10. The zero-order chi connectivity index (χ0) is 12.8. The fourth-order valence-corrected chi connectivity index (χ4v) is 2.08. The number of nitrogens with two attached hydrogens (primary N) is 1. The molecule has 0 amide bonds. The van der Waals surface area contributed by atoms with Crippen LogP contribution in [0, 0.1) is 0 Å². The monoisotopic (exact) mass is 250 g/mol. The van der Waals surface area contributed by atoms with E-state index in [1.165, 1.54) is 0 Å². The van der Waals surface area contributed by atoms with Gasteiger partial charge in [-0.05, 0) is 24.2 Å². The summed E-state index contributed by atoms with van der Waals surface area (Å²) in [6.45, 7) is 7.21. The smallest absolute Gasteiger partial charge is 0.119 e. The van der Waals surface area contributed by atoms with Crippen LogP contribution in [-0.4, -0.2) is 43.9 Å². The van der Waals surface area contributed by atoms with E-state index < -0.39 is 0 Å². The van der Waals surface area contributed by atoms with Crippen molar-refractivity contribution in [3.05, 3.63) is 29.8 Å². The van der Waals surface area contributed by atoms with Gasteiger partial charge >= 0.3 is 0 Å². The van der Waals surface area contributed by atoms with Crippen molar-refractivity contribution in [1.82, 2.24) is 4.90 Å². The van der Waals surface area contributed by atoms with E-state index in [-0.39, 0.29) is 6.10 Å². The molecular formula is C14H22N2O2. The predicted octanol–water partition coefficient (Wildman–Crippen LogP) is 1.24. The van der Waals surface area contributed by atoms with Crippen LogP contribution in [0.15, 0.2) is 24.3 Å². The van der Waals surface area contributed by atoms with E-state index in [0.717, 1.165) is 37.6 Å². The van der Waals surface area contributed by atoms with Gasteiger partial charge in [0.05, 0.1) is 6.61 Å². The number of hydrogen-bond donors (Lipinski definition) is 1. The summed E-state index contributed by atoms with van der Waals surface area (Å²) in [5.41, 5.74) is 6.67. The van der Waals surface area contributed by atoms with Crippen LogP contribution in [0.5, 0.6) is 5.75 Å². The van der Waals surface area contributed by atoms with Gasteiger partial charge in [-0.3, -0.25) is 4.90 Å². The molecule has 1 aromatic carbocycles. The van der Waals surface area contributed by atoms with E-state index in [9.17, 15) is 0 Å². The zero-order valence-corrected chi connectivity index (χ0v) is 11.0. The molecule has 2 rings (SSSR count). The van der Waals surface area contributed by atoms with E-state index in [1.807, 2.05) is 24.3 Å². The van der Waals surface area contributed by atoms with Gasteiger partial charge in [0.1, 0.15) is 18.5 Å². The average Bonchev–Trinajstić information content (AvgIpc) is 2.46. The fraction of sp³-hybridized carbons (Fsp3) is 0.571. The van der Waals surface area contributed by atoms with Crippen molar-refractivity contribution in [3.8, 4) is 5.75 Å². The first-order valence-corrected chi connectivity index (χ1v) is 6.57. The Kier molecular flexibility index (Phi) is 4.99. The van der Waals surface area contributed by atoms with Crippen LogP contribution in [0.25, 0.3) is 0 Å². The molecule has 0 saturated carbocycles. The molecule has 1 unspecified atom stereocenters. The number of ether oxygens (including phenoxy) is 2. The zero-order valence-electron chi connectivity index (χ0n) is 11.0. The maximum absolute atomic E-state index is 5.75. The largest absolute Gasteiger partial charge is 0.491 e. The predicted molar refractivity (Wildman–Crippen MR) is 71.7 cm³/mol. The summed E-state index contributed by atoms with van der Waals surface area (Å²) in [5, 5.41) is 0. The highest BCUT2D eigenvalue weighted by molar-refractivity contribution is 5.27. The molecule has 1 aliphatic rings. The molecule has 1 fully saturated rings. The Bertz CT molecular complexity index is 353. The molecule has 100 valence electrons. The van der Waals surface area contributed by atoms with Crippen molar-refractivity contribution in [3.63, 3.8) is 0 Å². The lowest BCUT2D eigenvalue weighted by atomic mass is 10.2. The maximum atomic E-state index is 5.75. The molecule has 1 saturated heterocycles. The minimum atomic E-state index is 0.174. The third kappa shape index (κ3) is 3.70. The quantitative estimate of drug-likeness (QED) is 0.854. The molecule has 1 heterocycles. The lowest BCUT2D eigenvalue weighted by Crippen LogP contribution is -2.44. The maximum Gasteiger partial charge on any atom is 0.119 e. The first kappa shape index (κ1) is 13.3. The molecule has 4 heteroatoms. The van der Waals surface area contributed by atoms with Crippen molar-refractivity contribution in [2.24, 2.45) is 5.73 Å². The molecule has 2 N–H and O–H groups in total. The van der Waals surface area contributed by atoms with Crippen molar-refractivity contribution >= 4 is 0 Å². The molecule has 0 aliphatic carbocycles. The van der Waals surface area contributed by atoms with Crippen molar-refractivity contribution in [2.75, 3.05) is 32.8 Å². The van der Waals surface area contributed by atoms with Crippen LogP contribution in [-0.2, 0) is 11.3 Å². The van der Waals surface area contributed by atoms with Crippen molar-refractivity contribution < 1.29 is 9.47 Å². The Labute approximate surface area is 109 Å². The molecule has 1 aromatic rings. The summed E-state index contributed by atoms with van der Waals surface area (Å²) in [6.07, 6.45) is 0.174. The van der Waals surface area contributed by atoms with Gasteiger partial charge in [-0.15, -0.1) is 0 Å². The molecule has 0 radical (unpaired) electrons. The van der Waals surface area contributed by atoms with Crippen LogP contribution in [0.2, 0.25) is 0 Å². The Morgan fingerprint density at radius 3 is 2.83 bits per heavy atom. The van der Waals surface area contributed by atoms with Crippen LogP contribution in [0.4, 0.5) is 0 Å². The Morgan fingerprint density at radius 2 is 2.17 bits per heavy atom. The molecule has 0 spiro atoms. The van der Waals surface area contributed by atoms with E-state index in [0.29, 0.717) is 13.2 Å². The molecule has 1 aliphatic heterocycles. The third-order valence-corrected chi connectivity index (χ3v) is 3.27. The van der Waals surface area contributed by atoms with E-state index >= 15 is 0 Å². The number of hydrogen-bond acceptors (Lipinski definition) is 4. The second-order valence-electron chi connectivity index (χ2n) is 4.55. The normalized spacial score (nSPS) is 20.9. The minimum Gasteiger partial charge on any atom is -0.491 e. The molecule has 4 nitrogen and oxygen atoms in total. The second kappa shape index (κ2) is 6.73. The summed E-state index contributed by atoms with van der Waals surface area (Å²) in [4.78, 5) is 2.38. The van der Waals surface area contributed by atoms with Gasteiger partial charge in [0.2, 0.25) is 0 Å². The first-order valence-electron chi connectivity index (χ1n) is 6.57. The van der Waals surface area contributed by atoms with Gasteiger partial charge in [-0.1, -0.05) is 19.1 Å². The minimum absolute atomic E-state index is 0.174. The Morgan fingerprint density at radius 1 is 1.39 bits per heavy atom. The third-order valence-electron chi connectivity index (χ3n) is 3.27. The van der Waals surface area contributed by atoms with Gasteiger partial charge in [0.25, 0.3) is 0 Å². The molecule has 0 aromatic heterocycles. The topological polar surface area (TPSA) is 47.7 Å². The van der Waals surface area contributed by atoms with Crippen LogP contribution in [0.1, 0.15) is 12.5 Å². The summed E-state index contributed by atoms with van der Waals surface area (Å²) < 4.78 is 11.4. The van der Waals surface area contributed by atoms with E-state index in [4.69, 9.17) is 15.2 Å². The summed E-state index contributed by atoms with van der Waals surface area (Å²) in [7, 11) is 0. The standard InChI is InChI=1S/C14H22N2O2/c1-2-16-7-8-17-14(10-16)11-18-13-5-3-12(9-15)4-6-13/h3-6,14H,2,7-11,15H2,1H3. The second-order valence-corrected chi connectivity index (χ2v) is 4.55. The highest BCUT2D eigenvalue weighted by atomic mass is 16.5. The molecule has 0 bridgehead atoms. The van der Waals surface area contributed by atoms with Crippen LogP contribution in [0.3, 0.4) is 0 Å². The summed E-state index contributed by atoms with van der Waals surface area (Å²) in [6, 6.07) is 7.91. The fourth-order valence-electron chi connectivity index (χ4n) is 2.08. The highest BCUT2D eigenvalue weighted by Crippen LogP contribution is 2.13. The van der Waals surface area contributed by atoms with Gasteiger partial charge in [0, 0.05) is 19.6 Å². The van der Waals surface area contributed by atoms with Crippen LogP contribution >= 0.6 is 0 Å². The SMILES string of the molecule is CCN1CCOC(COc2ccc(CN)cc2)C1. The molecule has 1 atom stereocenters. The number of benzene rings is 1. The molecule has 18 heavy (non-hydrogen) atoms. The highest BCUT2D eigenvalue weighted by Gasteiger charge is 2.19. The Balaban J connectivity index is 1.79. The van der Waals surface area contributed by atoms with Gasteiger partial charge in [0.15, 0.2) is 0 Å². The van der Waals surface area contributed by atoms with Crippen molar-refractivity contribution in [2.45, 2.75) is 19.6 Å². The number of likely N-dealkylation sites (N-methyl/N-ethyl adjacent to an activating group) is 1. The van der Waals surface area contributed by atoms with Gasteiger partial charge < -0.3 is 15.2 Å². The lowest BCUT2D eigenvalue weighted by Gasteiger charge is -2.31. The average molecular weight is 250 g/mol. The number of rotatable bonds is 5. The number of nitrogens with zero attached hydrogens (tertiary/aromatic N) is 1. The first-order chi connectivity index (χ1) is 8.81. The van der Waals surface area contributed by atoms with Gasteiger partial charge in [-0.25, -0.2) is 0 Å².